The molecule has 7 heteroatoms. The van der Waals surface area contributed by atoms with Gasteiger partial charge in [0.25, 0.3) is 0 Å². The van der Waals surface area contributed by atoms with Crippen LogP contribution in [0, 0.1) is 5.92 Å². The molecular formula is C31H46N4O3. The number of benzene rings is 1. The predicted octanol–water partition coefficient (Wildman–Crippen LogP) is 3.91. The minimum absolute atomic E-state index is 0.185. The third kappa shape index (κ3) is 6.27. The lowest BCUT2D eigenvalue weighted by atomic mass is 9.83. The van der Waals surface area contributed by atoms with Gasteiger partial charge >= 0.3 is 0 Å². The van der Waals surface area contributed by atoms with Crippen molar-refractivity contribution in [2.45, 2.75) is 51.0 Å². The molecule has 3 aliphatic heterocycles. The molecule has 38 heavy (non-hydrogen) atoms. The summed E-state index contributed by atoms with van der Waals surface area (Å²) in [6.45, 7) is 8.16. The first-order valence-corrected chi connectivity index (χ1v) is 14.6. The van der Waals surface area contributed by atoms with Gasteiger partial charge in [-0.15, -0.1) is 0 Å². The zero-order valence-electron chi connectivity index (χ0n) is 23.7. The second-order valence-corrected chi connectivity index (χ2v) is 11.5. The lowest BCUT2D eigenvalue weighted by molar-refractivity contribution is -0.128. The predicted molar refractivity (Wildman–Crippen MR) is 152 cm³/mol. The number of piperazine rings is 1. The minimum Gasteiger partial charge on any atom is -0.501 e. The summed E-state index contributed by atoms with van der Waals surface area (Å²) in [4.78, 5) is 22.9. The molecule has 0 bridgehead atoms. The molecule has 1 unspecified atom stereocenters. The molecule has 0 N–H and O–H groups in total. The second kappa shape index (κ2) is 12.7. The van der Waals surface area contributed by atoms with Gasteiger partial charge in [0.1, 0.15) is 0 Å². The lowest BCUT2D eigenvalue weighted by Crippen LogP contribution is -2.51. The SMILES string of the molecule is COCCC1CCN(c2ccc(CC(=O)N3C=C4C(=C(OC)CCC4N4CCN(C)CC4)CC3)cc2)CC1. The van der Waals surface area contributed by atoms with Crippen molar-refractivity contribution in [3.05, 3.63) is 52.9 Å². The Kier molecular flexibility index (Phi) is 9.08. The Morgan fingerprint density at radius 3 is 2.34 bits per heavy atom. The highest BCUT2D eigenvalue weighted by atomic mass is 16.5. The number of allylic oxidation sites excluding steroid dienone is 1. The minimum atomic E-state index is 0.185. The van der Waals surface area contributed by atoms with E-state index in [2.05, 4.69) is 52.2 Å². The maximum absolute atomic E-state index is 13.4. The summed E-state index contributed by atoms with van der Waals surface area (Å²) in [5, 5.41) is 0. The van der Waals surface area contributed by atoms with Crippen LogP contribution in [-0.4, -0.2) is 100 Å². The fourth-order valence-corrected chi connectivity index (χ4v) is 6.65. The number of piperidine rings is 1. The zero-order chi connectivity index (χ0) is 26.5. The number of likely N-dealkylation sites (N-methyl/N-ethyl adjacent to an activating group) is 1. The number of amides is 1. The fourth-order valence-electron chi connectivity index (χ4n) is 6.65. The Hall–Kier alpha value is -2.35. The Labute approximate surface area is 229 Å². The van der Waals surface area contributed by atoms with Crippen molar-refractivity contribution < 1.29 is 14.3 Å². The number of hydrogen-bond donors (Lipinski definition) is 0. The molecule has 1 atom stereocenters. The Balaban J connectivity index is 1.22. The van der Waals surface area contributed by atoms with Gasteiger partial charge in [0.05, 0.1) is 19.3 Å². The topological polar surface area (TPSA) is 48.5 Å². The van der Waals surface area contributed by atoms with E-state index in [-0.39, 0.29) is 5.91 Å². The molecule has 1 aliphatic carbocycles. The molecule has 3 heterocycles. The summed E-state index contributed by atoms with van der Waals surface area (Å²) in [5.74, 6) is 2.08. The van der Waals surface area contributed by atoms with Gasteiger partial charge in [-0.2, -0.15) is 0 Å². The van der Waals surface area contributed by atoms with Crippen LogP contribution in [0.2, 0.25) is 0 Å². The van der Waals surface area contributed by atoms with Crippen molar-refractivity contribution in [3.8, 4) is 0 Å². The Morgan fingerprint density at radius 1 is 0.921 bits per heavy atom. The summed E-state index contributed by atoms with van der Waals surface area (Å²) >= 11 is 0. The molecule has 0 saturated carbocycles. The highest BCUT2D eigenvalue weighted by molar-refractivity contribution is 5.80. The van der Waals surface area contributed by atoms with Crippen LogP contribution in [0.1, 0.15) is 44.1 Å². The van der Waals surface area contributed by atoms with E-state index in [0.29, 0.717) is 12.5 Å². The third-order valence-electron chi connectivity index (χ3n) is 9.13. The number of ether oxygens (including phenoxy) is 2. The molecule has 2 saturated heterocycles. The van der Waals surface area contributed by atoms with Gasteiger partial charge in [0.15, 0.2) is 0 Å². The summed E-state index contributed by atoms with van der Waals surface area (Å²) in [7, 11) is 5.78. The molecule has 0 aromatic heterocycles. The number of methoxy groups -OCH3 is 2. The van der Waals surface area contributed by atoms with E-state index in [9.17, 15) is 4.79 Å². The maximum Gasteiger partial charge on any atom is 0.230 e. The van der Waals surface area contributed by atoms with Crippen molar-refractivity contribution in [3.63, 3.8) is 0 Å². The Bertz CT molecular complexity index is 1000. The molecule has 1 aromatic carbocycles. The smallest absolute Gasteiger partial charge is 0.230 e. The summed E-state index contributed by atoms with van der Waals surface area (Å²) in [5.41, 5.74) is 5.00. The highest BCUT2D eigenvalue weighted by Crippen LogP contribution is 2.38. The third-order valence-corrected chi connectivity index (χ3v) is 9.13. The number of rotatable bonds is 8. The second-order valence-electron chi connectivity index (χ2n) is 11.5. The molecule has 0 spiro atoms. The van der Waals surface area contributed by atoms with Crippen LogP contribution in [0.15, 0.2) is 47.4 Å². The van der Waals surface area contributed by atoms with E-state index in [1.165, 1.54) is 29.7 Å². The van der Waals surface area contributed by atoms with Crippen LogP contribution in [0.3, 0.4) is 0 Å². The molecule has 2 fully saturated rings. The zero-order valence-corrected chi connectivity index (χ0v) is 23.7. The molecule has 0 radical (unpaired) electrons. The molecule has 1 aromatic rings. The van der Waals surface area contributed by atoms with Gasteiger partial charge in [-0.05, 0) is 73.9 Å². The molecule has 208 valence electrons. The number of nitrogens with zero attached hydrogens (tertiary/aromatic N) is 4. The number of carbonyl (C=O) groups is 1. The van der Waals surface area contributed by atoms with Crippen molar-refractivity contribution in [1.29, 1.82) is 0 Å². The monoisotopic (exact) mass is 522 g/mol. The molecular weight excluding hydrogens is 476 g/mol. The number of carbonyl (C=O) groups excluding carboxylic acids is 1. The average Bonchev–Trinajstić information content (AvgIpc) is 2.96. The van der Waals surface area contributed by atoms with Crippen LogP contribution in [0.25, 0.3) is 0 Å². The van der Waals surface area contributed by atoms with Crippen LogP contribution in [0.5, 0.6) is 0 Å². The lowest BCUT2D eigenvalue weighted by Gasteiger charge is -2.43. The van der Waals surface area contributed by atoms with E-state index in [0.717, 1.165) is 95.3 Å². The van der Waals surface area contributed by atoms with E-state index in [1.807, 2.05) is 4.90 Å². The average molecular weight is 523 g/mol. The first-order chi connectivity index (χ1) is 18.6. The van der Waals surface area contributed by atoms with Crippen molar-refractivity contribution in [2.75, 3.05) is 78.6 Å². The van der Waals surface area contributed by atoms with Crippen molar-refractivity contribution in [2.24, 2.45) is 5.92 Å². The molecule has 7 nitrogen and oxygen atoms in total. The largest absolute Gasteiger partial charge is 0.501 e. The standard InChI is InChI=1S/C31H46N4O3/c1-32-17-19-34(20-18-32)29-8-9-30(38-3)27-12-16-35(23-28(27)29)31(36)22-25-4-6-26(7-5-25)33-14-10-24(11-15-33)13-21-37-2/h4-7,23-24,29H,8-22H2,1-3H3. The van der Waals surface area contributed by atoms with Crippen molar-refractivity contribution >= 4 is 11.6 Å². The first kappa shape index (κ1) is 27.2. The maximum atomic E-state index is 13.4. The van der Waals surface area contributed by atoms with Gasteiger partial charge in [-0.25, -0.2) is 0 Å². The van der Waals surface area contributed by atoms with E-state index < -0.39 is 0 Å². The first-order valence-electron chi connectivity index (χ1n) is 14.6. The number of fused-ring (bicyclic) bond motifs is 1. The normalized spacial score (nSPS) is 23.9. The van der Waals surface area contributed by atoms with Gasteiger partial charge in [-0.1, -0.05) is 12.1 Å². The van der Waals surface area contributed by atoms with E-state index in [4.69, 9.17) is 9.47 Å². The van der Waals surface area contributed by atoms with Gasteiger partial charge in [0.2, 0.25) is 5.91 Å². The van der Waals surface area contributed by atoms with Crippen LogP contribution >= 0.6 is 0 Å². The molecule has 4 aliphatic rings. The molecule has 1 amide bonds. The fraction of sp³-hybridized carbons (Fsp3) is 0.645. The molecule has 5 rings (SSSR count). The van der Waals surface area contributed by atoms with Gasteiger partial charge < -0.3 is 24.2 Å². The summed E-state index contributed by atoms with van der Waals surface area (Å²) in [6.07, 6.45) is 9.15. The number of hydrogen-bond acceptors (Lipinski definition) is 6. The van der Waals surface area contributed by atoms with Gasteiger partial charge in [0, 0.05) is 83.9 Å². The van der Waals surface area contributed by atoms with Crippen molar-refractivity contribution in [1.82, 2.24) is 14.7 Å². The summed E-state index contributed by atoms with van der Waals surface area (Å²) < 4.78 is 11.0. The van der Waals surface area contributed by atoms with E-state index >= 15 is 0 Å². The van der Waals surface area contributed by atoms with E-state index in [1.54, 1.807) is 14.2 Å². The Morgan fingerprint density at radius 2 is 1.66 bits per heavy atom. The van der Waals surface area contributed by atoms with Crippen LogP contribution < -0.4 is 4.90 Å². The summed E-state index contributed by atoms with van der Waals surface area (Å²) in [6, 6.07) is 9.06. The van der Waals surface area contributed by atoms with Gasteiger partial charge in [-0.3, -0.25) is 9.69 Å². The quantitative estimate of drug-likeness (QED) is 0.516. The van der Waals surface area contributed by atoms with Crippen LogP contribution in [0.4, 0.5) is 5.69 Å². The number of anilines is 1. The van der Waals surface area contributed by atoms with Crippen LogP contribution in [-0.2, 0) is 20.7 Å². The highest BCUT2D eigenvalue weighted by Gasteiger charge is 2.35.